The highest BCUT2D eigenvalue weighted by Gasteiger charge is 2.27. The van der Waals surface area contributed by atoms with Gasteiger partial charge in [-0.05, 0) is 23.8 Å². The quantitative estimate of drug-likeness (QED) is 0.779. The molecule has 0 fully saturated rings. The number of benzene rings is 1. The lowest BCUT2D eigenvalue weighted by atomic mass is 10.1. The van der Waals surface area contributed by atoms with E-state index in [1.54, 1.807) is 6.20 Å². The number of aromatic nitrogens is 1. The van der Waals surface area contributed by atoms with Crippen molar-refractivity contribution in [2.75, 3.05) is 0 Å². The van der Waals surface area contributed by atoms with E-state index >= 15 is 0 Å². The standard InChI is InChI=1S/C13H12ClN5O2/c14-9-4-8-3-7(1-2-10(8)16-5-9)6-19-13(15)17-11(18-19)12(20)21/h1-5,11,18H,6H2,(H2,15,17)(H,20,21). The first-order valence-electron chi connectivity index (χ1n) is 6.17. The van der Waals surface area contributed by atoms with E-state index in [4.69, 9.17) is 22.4 Å². The monoisotopic (exact) mass is 305 g/mol. The van der Waals surface area contributed by atoms with Crippen LogP contribution < -0.4 is 11.2 Å². The summed E-state index contributed by atoms with van der Waals surface area (Å²) >= 11 is 5.93. The summed E-state index contributed by atoms with van der Waals surface area (Å²) < 4.78 is 0. The lowest BCUT2D eigenvalue weighted by Gasteiger charge is -2.18. The topological polar surface area (TPSA) is 104 Å². The van der Waals surface area contributed by atoms with Gasteiger partial charge in [-0.15, -0.1) is 0 Å². The number of nitrogens with two attached hydrogens (primary N) is 1. The molecule has 1 aromatic carbocycles. The highest BCUT2D eigenvalue weighted by Crippen LogP contribution is 2.19. The first-order chi connectivity index (χ1) is 10.0. The van der Waals surface area contributed by atoms with Crippen LogP contribution in [0.1, 0.15) is 5.56 Å². The minimum atomic E-state index is -1.07. The van der Waals surface area contributed by atoms with Gasteiger partial charge in [-0.2, -0.15) is 5.43 Å². The van der Waals surface area contributed by atoms with E-state index in [2.05, 4.69) is 15.4 Å². The fourth-order valence-electron chi connectivity index (χ4n) is 2.12. The fraction of sp³-hybridized carbons (Fsp3) is 0.154. The molecule has 2 aromatic rings. The molecule has 1 unspecified atom stereocenters. The van der Waals surface area contributed by atoms with Gasteiger partial charge in [0.25, 0.3) is 0 Å². The molecule has 7 nitrogen and oxygen atoms in total. The van der Waals surface area contributed by atoms with Crippen molar-refractivity contribution in [1.29, 1.82) is 0 Å². The summed E-state index contributed by atoms with van der Waals surface area (Å²) in [5.74, 6) is -0.929. The van der Waals surface area contributed by atoms with Crippen molar-refractivity contribution in [3.63, 3.8) is 0 Å². The first kappa shape index (κ1) is 13.6. The second kappa shape index (κ2) is 5.19. The molecule has 4 N–H and O–H groups in total. The van der Waals surface area contributed by atoms with E-state index < -0.39 is 12.1 Å². The van der Waals surface area contributed by atoms with Crippen LogP contribution in [0.2, 0.25) is 5.02 Å². The van der Waals surface area contributed by atoms with Gasteiger partial charge in [-0.1, -0.05) is 17.7 Å². The Hall–Kier alpha value is -2.38. The number of guanidine groups is 1. The molecular formula is C13H12ClN5O2. The van der Waals surface area contributed by atoms with Crippen molar-refractivity contribution in [3.8, 4) is 0 Å². The van der Waals surface area contributed by atoms with E-state index in [1.165, 1.54) is 5.01 Å². The van der Waals surface area contributed by atoms with Crippen LogP contribution in [-0.2, 0) is 11.3 Å². The summed E-state index contributed by atoms with van der Waals surface area (Å²) in [6.07, 6.45) is 0.551. The SMILES string of the molecule is NC1=NC(C(=O)O)NN1Cc1ccc2ncc(Cl)cc2c1. The molecule has 0 saturated carbocycles. The number of aliphatic carboxylic acids is 1. The Morgan fingerprint density at radius 2 is 2.29 bits per heavy atom. The van der Waals surface area contributed by atoms with Gasteiger partial charge in [-0.3, -0.25) is 9.99 Å². The highest BCUT2D eigenvalue weighted by molar-refractivity contribution is 6.31. The average Bonchev–Trinajstić information content (AvgIpc) is 2.80. The van der Waals surface area contributed by atoms with E-state index in [-0.39, 0.29) is 5.96 Å². The Bertz CT molecular complexity index is 748. The van der Waals surface area contributed by atoms with Crippen LogP contribution in [0.4, 0.5) is 0 Å². The van der Waals surface area contributed by atoms with Crippen LogP contribution in [0.15, 0.2) is 35.5 Å². The zero-order valence-corrected chi connectivity index (χ0v) is 11.6. The smallest absolute Gasteiger partial charge is 0.345 e. The molecule has 1 aliphatic heterocycles. The van der Waals surface area contributed by atoms with Gasteiger partial charge >= 0.3 is 5.97 Å². The molecule has 3 rings (SSSR count). The van der Waals surface area contributed by atoms with E-state index in [1.807, 2.05) is 24.3 Å². The molecule has 108 valence electrons. The normalized spacial score (nSPS) is 18.0. The molecule has 8 heteroatoms. The van der Waals surface area contributed by atoms with E-state index in [0.29, 0.717) is 11.6 Å². The number of nitrogens with one attached hydrogen (secondary N) is 1. The minimum absolute atomic E-state index is 0.145. The molecule has 1 aromatic heterocycles. The number of hydrogen-bond donors (Lipinski definition) is 3. The van der Waals surface area contributed by atoms with Gasteiger partial charge in [0.05, 0.1) is 17.1 Å². The average molecular weight is 306 g/mol. The number of carboxylic acid groups (broad SMARTS) is 1. The van der Waals surface area contributed by atoms with Crippen molar-refractivity contribution in [1.82, 2.24) is 15.4 Å². The lowest BCUT2D eigenvalue weighted by Crippen LogP contribution is -2.45. The number of rotatable bonds is 3. The second-order valence-corrected chi connectivity index (χ2v) is 5.06. The number of aliphatic imine (C=N–C) groups is 1. The summed E-state index contributed by atoms with van der Waals surface area (Å²) in [5, 5.41) is 11.9. The van der Waals surface area contributed by atoms with Crippen molar-refractivity contribution >= 4 is 34.4 Å². The summed E-state index contributed by atoms with van der Waals surface area (Å²) in [5.41, 5.74) is 10.2. The maximum atomic E-state index is 10.9. The van der Waals surface area contributed by atoms with Crippen molar-refractivity contribution in [2.45, 2.75) is 12.7 Å². The van der Waals surface area contributed by atoms with Gasteiger partial charge in [-0.25, -0.2) is 9.79 Å². The number of pyridine rings is 1. The third-order valence-corrected chi connectivity index (χ3v) is 3.31. The van der Waals surface area contributed by atoms with Crippen LogP contribution in [0.5, 0.6) is 0 Å². The van der Waals surface area contributed by atoms with Crippen molar-refractivity contribution in [3.05, 3.63) is 41.0 Å². The molecule has 1 atom stereocenters. The maximum Gasteiger partial charge on any atom is 0.345 e. The summed E-state index contributed by atoms with van der Waals surface area (Å²) in [4.78, 5) is 18.9. The molecule has 1 aliphatic rings. The molecule has 21 heavy (non-hydrogen) atoms. The highest BCUT2D eigenvalue weighted by atomic mass is 35.5. The Morgan fingerprint density at radius 3 is 3.00 bits per heavy atom. The van der Waals surface area contributed by atoms with Crippen LogP contribution in [0.25, 0.3) is 10.9 Å². The largest absolute Gasteiger partial charge is 0.479 e. The predicted molar refractivity (Wildman–Crippen MR) is 78.5 cm³/mol. The zero-order valence-electron chi connectivity index (χ0n) is 10.8. The third kappa shape index (κ3) is 2.74. The maximum absolute atomic E-state index is 10.9. The number of nitrogens with zero attached hydrogens (tertiary/aromatic N) is 3. The van der Waals surface area contributed by atoms with Crippen LogP contribution in [0.3, 0.4) is 0 Å². The van der Waals surface area contributed by atoms with E-state index in [0.717, 1.165) is 16.5 Å². The van der Waals surface area contributed by atoms with Gasteiger partial charge in [0.2, 0.25) is 12.1 Å². The number of hydrogen-bond acceptors (Lipinski definition) is 6. The van der Waals surface area contributed by atoms with Crippen molar-refractivity contribution < 1.29 is 9.90 Å². The van der Waals surface area contributed by atoms with Crippen LogP contribution >= 0.6 is 11.6 Å². The predicted octanol–water partition coefficient (Wildman–Crippen LogP) is 0.934. The number of carboxylic acids is 1. The molecule has 0 bridgehead atoms. The molecule has 0 radical (unpaired) electrons. The van der Waals surface area contributed by atoms with Gasteiger partial charge in [0, 0.05) is 11.6 Å². The number of halogens is 1. The fourth-order valence-corrected chi connectivity index (χ4v) is 2.28. The molecule has 2 heterocycles. The van der Waals surface area contributed by atoms with Crippen LogP contribution in [-0.4, -0.2) is 33.2 Å². The van der Waals surface area contributed by atoms with E-state index in [9.17, 15) is 4.79 Å². The number of carbonyl (C=O) groups is 1. The Balaban J connectivity index is 1.82. The Kier molecular flexibility index (Phi) is 3.36. The lowest BCUT2D eigenvalue weighted by molar-refractivity contribution is -0.139. The number of fused-ring (bicyclic) bond motifs is 1. The summed E-state index contributed by atoms with van der Waals surface area (Å²) in [7, 11) is 0. The summed E-state index contributed by atoms with van der Waals surface area (Å²) in [6, 6.07) is 7.52. The molecule has 0 aliphatic carbocycles. The van der Waals surface area contributed by atoms with Gasteiger partial charge in [0.15, 0.2) is 0 Å². The summed E-state index contributed by atoms with van der Waals surface area (Å²) in [6.45, 7) is 0.390. The Morgan fingerprint density at radius 1 is 1.48 bits per heavy atom. The Labute approximate surface area is 125 Å². The second-order valence-electron chi connectivity index (χ2n) is 4.62. The number of hydrazine groups is 1. The third-order valence-electron chi connectivity index (χ3n) is 3.10. The molecule has 0 amide bonds. The van der Waals surface area contributed by atoms with Crippen molar-refractivity contribution in [2.24, 2.45) is 10.7 Å². The van der Waals surface area contributed by atoms with Gasteiger partial charge in [0.1, 0.15) is 0 Å². The molecule has 0 spiro atoms. The van der Waals surface area contributed by atoms with Gasteiger partial charge < -0.3 is 10.8 Å². The molecular weight excluding hydrogens is 294 g/mol. The zero-order chi connectivity index (χ0) is 15.0. The minimum Gasteiger partial charge on any atom is -0.479 e. The molecule has 0 saturated heterocycles. The van der Waals surface area contributed by atoms with Crippen LogP contribution in [0, 0.1) is 0 Å². The first-order valence-corrected chi connectivity index (χ1v) is 6.55.